The van der Waals surface area contributed by atoms with Crippen LogP contribution < -0.4 is 20.7 Å². The highest BCUT2D eigenvalue weighted by molar-refractivity contribution is 5.96. The van der Waals surface area contributed by atoms with E-state index in [0.29, 0.717) is 50.5 Å². The third-order valence-corrected chi connectivity index (χ3v) is 6.51. The molecule has 4 rings (SSSR count). The van der Waals surface area contributed by atoms with Gasteiger partial charge in [-0.3, -0.25) is 9.59 Å². The summed E-state index contributed by atoms with van der Waals surface area (Å²) in [7, 11) is 0. The molecule has 5 amide bonds. The van der Waals surface area contributed by atoms with Crippen LogP contribution in [0.2, 0.25) is 0 Å². The average Bonchev–Trinajstić information content (AvgIpc) is 2.84. The maximum atomic E-state index is 12.9. The monoisotopic (exact) mass is 531 g/mol. The van der Waals surface area contributed by atoms with E-state index >= 15 is 0 Å². The van der Waals surface area contributed by atoms with E-state index in [1.807, 2.05) is 0 Å². The molecule has 0 saturated carbocycles. The molecular formula is C26H37N5O7. The van der Waals surface area contributed by atoms with Gasteiger partial charge in [-0.2, -0.15) is 0 Å². The van der Waals surface area contributed by atoms with Crippen molar-refractivity contribution in [3.63, 3.8) is 0 Å². The summed E-state index contributed by atoms with van der Waals surface area (Å²) in [6.45, 7) is 8.44. The van der Waals surface area contributed by atoms with Crippen LogP contribution in [0.15, 0.2) is 24.3 Å². The molecule has 12 heteroatoms. The van der Waals surface area contributed by atoms with Crippen molar-refractivity contribution in [1.29, 1.82) is 0 Å². The Morgan fingerprint density at radius 2 is 1.82 bits per heavy atom. The van der Waals surface area contributed by atoms with E-state index in [2.05, 4.69) is 16.0 Å². The first-order valence-corrected chi connectivity index (χ1v) is 13.0. The average molecular weight is 532 g/mol. The molecule has 1 aromatic rings. The summed E-state index contributed by atoms with van der Waals surface area (Å²) in [5.74, 6) is 0.167. The van der Waals surface area contributed by atoms with Crippen molar-refractivity contribution in [2.75, 3.05) is 52.5 Å². The van der Waals surface area contributed by atoms with E-state index in [0.717, 1.165) is 0 Å². The lowest BCUT2D eigenvalue weighted by atomic mass is 9.99. The first-order chi connectivity index (χ1) is 18.1. The van der Waals surface area contributed by atoms with Gasteiger partial charge in [0.15, 0.2) is 0 Å². The van der Waals surface area contributed by atoms with Crippen LogP contribution in [0.25, 0.3) is 0 Å². The molecule has 3 aliphatic heterocycles. The predicted octanol–water partition coefficient (Wildman–Crippen LogP) is 0.961. The number of morpholine rings is 1. The summed E-state index contributed by atoms with van der Waals surface area (Å²) in [5.41, 5.74) is -0.189. The van der Waals surface area contributed by atoms with Gasteiger partial charge in [-0.15, -0.1) is 0 Å². The number of carbonyl (C=O) groups excluding carboxylic acids is 4. The molecule has 3 saturated heterocycles. The van der Waals surface area contributed by atoms with Crippen LogP contribution >= 0.6 is 0 Å². The molecule has 12 nitrogen and oxygen atoms in total. The van der Waals surface area contributed by atoms with Gasteiger partial charge in [0.1, 0.15) is 18.0 Å². The third kappa shape index (κ3) is 7.27. The summed E-state index contributed by atoms with van der Waals surface area (Å²) in [6.07, 6.45) is 0.128. The summed E-state index contributed by atoms with van der Waals surface area (Å²) >= 11 is 0. The Kier molecular flexibility index (Phi) is 8.60. The number of likely N-dealkylation sites (tertiary alicyclic amines) is 2. The van der Waals surface area contributed by atoms with Gasteiger partial charge in [-0.05, 0) is 39.3 Å². The number of nitrogens with zero attached hydrogens (tertiary/aromatic N) is 2. The van der Waals surface area contributed by atoms with E-state index in [1.165, 1.54) is 0 Å². The van der Waals surface area contributed by atoms with Gasteiger partial charge < -0.3 is 40.0 Å². The maximum Gasteiger partial charge on any atom is 0.407 e. The topological polar surface area (TPSA) is 139 Å². The Bertz CT molecular complexity index is 1040. The summed E-state index contributed by atoms with van der Waals surface area (Å²) in [5, 5.41) is 8.29. The van der Waals surface area contributed by atoms with Crippen LogP contribution in [0.5, 0.6) is 5.75 Å². The van der Waals surface area contributed by atoms with Crippen molar-refractivity contribution >= 4 is 23.9 Å². The summed E-state index contributed by atoms with van der Waals surface area (Å²) in [4.78, 5) is 52.5. The van der Waals surface area contributed by atoms with Gasteiger partial charge in [-0.1, -0.05) is 12.1 Å². The second-order valence-corrected chi connectivity index (χ2v) is 10.8. The van der Waals surface area contributed by atoms with Gasteiger partial charge in [0.2, 0.25) is 5.91 Å². The molecule has 0 radical (unpaired) electrons. The first-order valence-electron chi connectivity index (χ1n) is 13.0. The highest BCUT2D eigenvalue weighted by Crippen LogP contribution is 2.24. The molecular weight excluding hydrogens is 494 g/mol. The first kappa shape index (κ1) is 27.5. The highest BCUT2D eigenvalue weighted by Gasteiger charge is 2.40. The minimum Gasteiger partial charge on any atom is -0.492 e. The van der Waals surface area contributed by atoms with Crippen molar-refractivity contribution in [3.8, 4) is 5.75 Å². The van der Waals surface area contributed by atoms with Crippen LogP contribution in [0.4, 0.5) is 9.59 Å². The van der Waals surface area contributed by atoms with Crippen LogP contribution in [0.3, 0.4) is 0 Å². The fraction of sp³-hybridized carbons (Fsp3) is 0.615. The smallest absolute Gasteiger partial charge is 0.407 e. The maximum absolute atomic E-state index is 12.9. The standard InChI is InChI=1S/C26H37N5O7/c1-26(2,3)38-24(34)28-10-9-27-23(33)18-6-4-5-7-20(18)36-15-17-12-31(13-17)25(35)30-11-8-21-19(14-30)29-22(32)16-37-21/h4-7,17,19,21H,8-16H2,1-3H3,(H,27,33)(H,28,34)(H,29,32)/t19-,21+/m1/s1. The number of fused-ring (bicyclic) bond motifs is 1. The summed E-state index contributed by atoms with van der Waals surface area (Å²) in [6, 6.07) is 6.77. The number of piperidine rings is 1. The molecule has 0 spiro atoms. The molecule has 0 aliphatic carbocycles. The van der Waals surface area contributed by atoms with E-state index in [-0.39, 0.29) is 55.6 Å². The van der Waals surface area contributed by atoms with Gasteiger partial charge in [0.05, 0.1) is 24.3 Å². The molecule has 2 atom stereocenters. The van der Waals surface area contributed by atoms with Gasteiger partial charge in [0.25, 0.3) is 5.91 Å². The lowest BCUT2D eigenvalue weighted by Crippen LogP contribution is -2.64. The third-order valence-electron chi connectivity index (χ3n) is 6.51. The number of carbonyl (C=O) groups is 4. The number of rotatable bonds is 7. The molecule has 3 N–H and O–H groups in total. The van der Waals surface area contributed by atoms with Crippen molar-refractivity contribution in [2.45, 2.75) is 44.9 Å². The Labute approximate surface area is 222 Å². The minimum atomic E-state index is -0.588. The Hall–Kier alpha value is -3.54. The number of para-hydroxylation sites is 1. The predicted molar refractivity (Wildman–Crippen MR) is 137 cm³/mol. The number of amides is 5. The van der Waals surface area contributed by atoms with Gasteiger partial charge >= 0.3 is 12.1 Å². The van der Waals surface area contributed by atoms with Crippen molar-refractivity contribution in [1.82, 2.24) is 25.8 Å². The van der Waals surface area contributed by atoms with Crippen molar-refractivity contribution in [2.24, 2.45) is 5.92 Å². The molecule has 0 aromatic heterocycles. The molecule has 3 fully saturated rings. The fourth-order valence-corrected chi connectivity index (χ4v) is 4.64. The number of ether oxygens (including phenoxy) is 3. The van der Waals surface area contributed by atoms with E-state index in [4.69, 9.17) is 14.2 Å². The second kappa shape index (κ2) is 11.9. The number of alkyl carbamates (subject to hydrolysis) is 1. The number of nitrogens with one attached hydrogen (secondary N) is 3. The van der Waals surface area contributed by atoms with E-state index < -0.39 is 11.7 Å². The molecule has 38 heavy (non-hydrogen) atoms. The Morgan fingerprint density at radius 1 is 1.08 bits per heavy atom. The zero-order valence-electron chi connectivity index (χ0n) is 22.2. The largest absolute Gasteiger partial charge is 0.492 e. The van der Waals surface area contributed by atoms with Crippen LogP contribution in [0.1, 0.15) is 37.6 Å². The number of benzene rings is 1. The molecule has 0 bridgehead atoms. The molecule has 0 unspecified atom stereocenters. The minimum absolute atomic E-state index is 0.0344. The SMILES string of the molecule is CC(C)(C)OC(=O)NCCNC(=O)c1ccccc1OCC1CN(C(=O)N2CC[C@@H]3OCC(=O)N[C@@H]3C2)C1. The van der Waals surface area contributed by atoms with Gasteiger partial charge in [0, 0.05) is 45.2 Å². The van der Waals surface area contributed by atoms with E-state index in [1.54, 1.807) is 54.8 Å². The quantitative estimate of drug-likeness (QED) is 0.446. The molecule has 3 aliphatic rings. The highest BCUT2D eigenvalue weighted by atomic mass is 16.6. The van der Waals surface area contributed by atoms with Gasteiger partial charge in [-0.25, -0.2) is 9.59 Å². The lowest BCUT2D eigenvalue weighted by Gasteiger charge is -2.46. The lowest BCUT2D eigenvalue weighted by molar-refractivity contribution is -0.139. The second-order valence-electron chi connectivity index (χ2n) is 10.8. The van der Waals surface area contributed by atoms with Crippen molar-refractivity contribution < 1.29 is 33.4 Å². The Morgan fingerprint density at radius 3 is 2.58 bits per heavy atom. The van der Waals surface area contributed by atoms with Crippen LogP contribution in [-0.2, 0) is 14.3 Å². The molecule has 1 aromatic carbocycles. The number of hydrogen-bond donors (Lipinski definition) is 3. The van der Waals surface area contributed by atoms with E-state index in [9.17, 15) is 19.2 Å². The number of urea groups is 1. The zero-order valence-corrected chi connectivity index (χ0v) is 22.2. The molecule has 208 valence electrons. The molecule has 3 heterocycles. The van der Waals surface area contributed by atoms with Crippen LogP contribution in [-0.4, -0.2) is 104 Å². The number of hydrogen-bond acceptors (Lipinski definition) is 7. The Balaban J connectivity index is 1.17. The zero-order chi connectivity index (χ0) is 27.3. The fourth-order valence-electron chi connectivity index (χ4n) is 4.64. The summed E-state index contributed by atoms with van der Waals surface area (Å²) < 4.78 is 16.7. The normalized spacial score (nSPS) is 21.5. The van der Waals surface area contributed by atoms with Crippen LogP contribution in [0, 0.1) is 5.92 Å². The van der Waals surface area contributed by atoms with Crippen molar-refractivity contribution in [3.05, 3.63) is 29.8 Å².